The van der Waals surface area contributed by atoms with Gasteiger partial charge in [-0.1, -0.05) is 0 Å². The molecule has 2 atom stereocenters. The molecule has 3 heterocycles. The molecule has 2 aromatic carbocycles. The van der Waals surface area contributed by atoms with E-state index in [1.807, 2.05) is 0 Å². The molecular weight excluding hydrogens is 426 g/mol. The first-order valence-corrected chi connectivity index (χ1v) is 11.0. The Morgan fingerprint density at radius 2 is 1.88 bits per heavy atom. The number of nitrogens with zero attached hydrogens (tertiary/aromatic N) is 2. The van der Waals surface area contributed by atoms with Crippen LogP contribution in [0.3, 0.4) is 0 Å². The molecule has 0 aliphatic carbocycles. The monoisotopic (exact) mass is 451 g/mol. The number of ether oxygens (including phenoxy) is 3. The molecule has 3 aliphatic heterocycles. The van der Waals surface area contributed by atoms with Gasteiger partial charge in [-0.2, -0.15) is 0 Å². The predicted octanol–water partition coefficient (Wildman–Crippen LogP) is 2.41. The van der Waals surface area contributed by atoms with Crippen molar-refractivity contribution in [1.29, 1.82) is 0 Å². The lowest BCUT2D eigenvalue weighted by molar-refractivity contribution is -0.140. The summed E-state index contributed by atoms with van der Waals surface area (Å²) < 4.78 is 15.9. The molecular formula is C24H25N3O6. The average molecular weight is 451 g/mol. The van der Waals surface area contributed by atoms with E-state index in [2.05, 4.69) is 5.32 Å². The van der Waals surface area contributed by atoms with Crippen LogP contribution in [0.1, 0.15) is 19.3 Å². The highest BCUT2D eigenvalue weighted by Gasteiger charge is 2.42. The zero-order chi connectivity index (χ0) is 22.9. The maximum Gasteiger partial charge on any atom is 0.247 e. The quantitative estimate of drug-likeness (QED) is 0.750. The smallest absolute Gasteiger partial charge is 0.247 e. The first-order chi connectivity index (χ1) is 16.0. The van der Waals surface area contributed by atoms with Crippen molar-refractivity contribution in [3.05, 3.63) is 42.5 Å². The number of carbonyl (C=O) groups excluding carboxylic acids is 3. The van der Waals surface area contributed by atoms with Gasteiger partial charge in [0.05, 0.1) is 13.0 Å². The summed E-state index contributed by atoms with van der Waals surface area (Å²) in [4.78, 5) is 42.2. The molecule has 0 bridgehead atoms. The predicted molar refractivity (Wildman–Crippen MR) is 119 cm³/mol. The van der Waals surface area contributed by atoms with Crippen LogP contribution in [0.15, 0.2) is 42.5 Å². The number of benzene rings is 2. The second-order valence-corrected chi connectivity index (χ2v) is 8.35. The standard InChI is InChI=1S/C24H25N3O6/c1-31-18-7-4-16(5-8-18)25-23(29)19-3-2-10-26(19)24(30)15-11-22(28)27(13-15)17-6-9-20-21(12-17)33-14-32-20/h4-9,12,15,19H,2-3,10-11,13-14H2,1H3,(H,25,29). The third-order valence-electron chi connectivity index (χ3n) is 6.34. The van der Waals surface area contributed by atoms with Gasteiger partial charge in [0.1, 0.15) is 11.8 Å². The van der Waals surface area contributed by atoms with Gasteiger partial charge in [-0.05, 0) is 49.2 Å². The zero-order valence-corrected chi connectivity index (χ0v) is 18.3. The molecule has 0 spiro atoms. The van der Waals surface area contributed by atoms with Crippen molar-refractivity contribution < 1.29 is 28.6 Å². The molecule has 0 aromatic heterocycles. The highest BCUT2D eigenvalue weighted by atomic mass is 16.7. The normalized spacial score (nSPS) is 21.4. The van der Waals surface area contributed by atoms with Gasteiger partial charge in [-0.3, -0.25) is 14.4 Å². The molecule has 3 aliphatic rings. The van der Waals surface area contributed by atoms with E-state index in [0.29, 0.717) is 41.6 Å². The van der Waals surface area contributed by atoms with Crippen molar-refractivity contribution in [2.24, 2.45) is 5.92 Å². The molecule has 172 valence electrons. The van der Waals surface area contributed by atoms with Crippen LogP contribution >= 0.6 is 0 Å². The molecule has 0 saturated carbocycles. The van der Waals surface area contributed by atoms with Crippen molar-refractivity contribution >= 4 is 29.1 Å². The Morgan fingerprint density at radius 1 is 1.09 bits per heavy atom. The van der Waals surface area contributed by atoms with Gasteiger partial charge < -0.3 is 29.3 Å². The molecule has 2 aromatic rings. The summed E-state index contributed by atoms with van der Waals surface area (Å²) in [6.45, 7) is 0.942. The van der Waals surface area contributed by atoms with E-state index >= 15 is 0 Å². The highest BCUT2D eigenvalue weighted by Crippen LogP contribution is 2.37. The van der Waals surface area contributed by atoms with E-state index in [1.54, 1.807) is 59.4 Å². The number of rotatable bonds is 5. The van der Waals surface area contributed by atoms with Crippen LogP contribution in [-0.4, -0.2) is 55.7 Å². The number of nitrogens with one attached hydrogen (secondary N) is 1. The minimum atomic E-state index is -0.547. The molecule has 33 heavy (non-hydrogen) atoms. The molecule has 2 fully saturated rings. The van der Waals surface area contributed by atoms with Crippen molar-refractivity contribution in [2.75, 3.05) is 37.2 Å². The molecule has 5 rings (SSSR count). The fourth-order valence-corrected chi connectivity index (χ4v) is 4.61. The number of fused-ring (bicyclic) bond motifs is 1. The van der Waals surface area contributed by atoms with Crippen molar-refractivity contribution in [1.82, 2.24) is 4.90 Å². The van der Waals surface area contributed by atoms with Crippen LogP contribution in [-0.2, 0) is 14.4 Å². The van der Waals surface area contributed by atoms with Crippen LogP contribution in [0.4, 0.5) is 11.4 Å². The molecule has 9 heteroatoms. The zero-order valence-electron chi connectivity index (χ0n) is 18.3. The van der Waals surface area contributed by atoms with Gasteiger partial charge in [-0.25, -0.2) is 0 Å². The Bertz CT molecular complexity index is 1090. The largest absolute Gasteiger partial charge is 0.497 e. The van der Waals surface area contributed by atoms with E-state index in [4.69, 9.17) is 14.2 Å². The summed E-state index contributed by atoms with van der Waals surface area (Å²) in [5.41, 5.74) is 1.32. The Hall–Kier alpha value is -3.75. The molecule has 2 saturated heterocycles. The maximum absolute atomic E-state index is 13.3. The summed E-state index contributed by atoms with van der Waals surface area (Å²) in [6, 6.07) is 11.8. The number of carbonyl (C=O) groups is 3. The fourth-order valence-electron chi connectivity index (χ4n) is 4.61. The average Bonchev–Trinajstić information content (AvgIpc) is 3.58. The number of likely N-dealkylation sites (tertiary alicyclic amines) is 1. The Labute approximate surface area is 191 Å². The van der Waals surface area contributed by atoms with Crippen LogP contribution in [0.5, 0.6) is 17.2 Å². The van der Waals surface area contributed by atoms with E-state index in [0.717, 1.165) is 6.42 Å². The number of hydrogen-bond acceptors (Lipinski definition) is 6. The number of methoxy groups -OCH3 is 1. The molecule has 2 unspecified atom stereocenters. The second-order valence-electron chi connectivity index (χ2n) is 8.35. The van der Waals surface area contributed by atoms with E-state index in [-0.39, 0.29) is 37.5 Å². The van der Waals surface area contributed by atoms with Gasteiger partial charge in [-0.15, -0.1) is 0 Å². The van der Waals surface area contributed by atoms with Crippen LogP contribution in [0, 0.1) is 5.92 Å². The van der Waals surface area contributed by atoms with Gasteiger partial charge in [0.15, 0.2) is 11.5 Å². The van der Waals surface area contributed by atoms with Crippen molar-refractivity contribution in [3.63, 3.8) is 0 Å². The summed E-state index contributed by atoms with van der Waals surface area (Å²) in [5.74, 6) is 0.944. The van der Waals surface area contributed by atoms with Gasteiger partial charge >= 0.3 is 0 Å². The van der Waals surface area contributed by atoms with Crippen LogP contribution in [0.25, 0.3) is 0 Å². The van der Waals surface area contributed by atoms with Crippen molar-refractivity contribution in [3.8, 4) is 17.2 Å². The first kappa shape index (κ1) is 21.1. The second kappa shape index (κ2) is 8.65. The summed E-state index contributed by atoms with van der Waals surface area (Å²) >= 11 is 0. The molecule has 0 radical (unpaired) electrons. The molecule has 1 N–H and O–H groups in total. The topological polar surface area (TPSA) is 97.4 Å². The lowest BCUT2D eigenvalue weighted by Gasteiger charge is -2.26. The minimum Gasteiger partial charge on any atom is -0.497 e. The summed E-state index contributed by atoms with van der Waals surface area (Å²) in [5, 5.41) is 2.89. The van der Waals surface area contributed by atoms with Crippen molar-refractivity contribution in [2.45, 2.75) is 25.3 Å². The van der Waals surface area contributed by atoms with Gasteiger partial charge in [0.2, 0.25) is 24.5 Å². The Balaban J connectivity index is 1.25. The van der Waals surface area contributed by atoms with E-state index in [1.165, 1.54) is 0 Å². The minimum absolute atomic E-state index is 0.120. The number of amides is 3. The van der Waals surface area contributed by atoms with E-state index in [9.17, 15) is 14.4 Å². The Kier molecular flexibility index (Phi) is 5.53. The lowest BCUT2D eigenvalue weighted by Crippen LogP contribution is -2.46. The molecule has 9 nitrogen and oxygen atoms in total. The van der Waals surface area contributed by atoms with Crippen LogP contribution in [0.2, 0.25) is 0 Å². The van der Waals surface area contributed by atoms with Crippen LogP contribution < -0.4 is 24.4 Å². The number of anilines is 2. The Morgan fingerprint density at radius 3 is 2.67 bits per heavy atom. The lowest BCUT2D eigenvalue weighted by atomic mass is 10.1. The van der Waals surface area contributed by atoms with Gasteiger partial charge in [0.25, 0.3) is 0 Å². The third-order valence-corrected chi connectivity index (χ3v) is 6.34. The maximum atomic E-state index is 13.3. The SMILES string of the molecule is COc1ccc(NC(=O)C2CCCN2C(=O)C2CC(=O)N(c3ccc4c(c3)OCO4)C2)cc1. The number of hydrogen-bond donors (Lipinski definition) is 1. The summed E-state index contributed by atoms with van der Waals surface area (Å²) in [6.07, 6.45) is 1.47. The fraction of sp³-hybridized carbons (Fsp3) is 0.375. The first-order valence-electron chi connectivity index (χ1n) is 11.0. The summed E-state index contributed by atoms with van der Waals surface area (Å²) in [7, 11) is 1.58. The highest BCUT2D eigenvalue weighted by molar-refractivity contribution is 6.02. The van der Waals surface area contributed by atoms with E-state index < -0.39 is 12.0 Å². The van der Waals surface area contributed by atoms with Gasteiger partial charge in [0, 0.05) is 37.0 Å². The third kappa shape index (κ3) is 4.06. The molecule has 3 amide bonds.